The maximum absolute atomic E-state index is 14.4. The molecule has 26 heavy (non-hydrogen) atoms. The number of benzene rings is 2. The highest BCUT2D eigenvalue weighted by Gasteiger charge is 2.31. The van der Waals surface area contributed by atoms with Crippen LogP contribution in [-0.2, 0) is 16.6 Å². The Morgan fingerprint density at radius 3 is 2.38 bits per heavy atom. The molecule has 1 aliphatic carbocycles. The minimum atomic E-state index is -3.98. The molecule has 0 N–H and O–H groups in total. The van der Waals surface area contributed by atoms with E-state index in [1.165, 1.54) is 28.9 Å². The van der Waals surface area contributed by atoms with Crippen molar-refractivity contribution in [2.45, 2.75) is 43.5 Å². The molecule has 0 bridgehead atoms. The SMILES string of the molecule is O=S(=O)(c1cccc(Cl)c1F)N(Cc1ccccc1)CC1CCCCC1. The zero-order chi connectivity index (χ0) is 18.6. The molecule has 140 valence electrons. The number of hydrogen-bond acceptors (Lipinski definition) is 2. The van der Waals surface area contributed by atoms with E-state index in [1.54, 1.807) is 0 Å². The zero-order valence-electron chi connectivity index (χ0n) is 14.6. The summed E-state index contributed by atoms with van der Waals surface area (Å²) in [6.07, 6.45) is 5.47. The first-order valence-corrected chi connectivity index (χ1v) is 10.8. The molecule has 0 aliphatic heterocycles. The van der Waals surface area contributed by atoms with E-state index in [4.69, 9.17) is 11.6 Å². The Kier molecular flexibility index (Phi) is 6.33. The van der Waals surface area contributed by atoms with Crippen LogP contribution in [0.3, 0.4) is 0 Å². The van der Waals surface area contributed by atoms with E-state index in [9.17, 15) is 12.8 Å². The molecule has 0 amide bonds. The van der Waals surface area contributed by atoms with Crippen LogP contribution < -0.4 is 0 Å². The van der Waals surface area contributed by atoms with Gasteiger partial charge in [-0.25, -0.2) is 12.8 Å². The van der Waals surface area contributed by atoms with Crippen LogP contribution in [0, 0.1) is 11.7 Å². The number of nitrogens with zero attached hydrogens (tertiary/aromatic N) is 1. The van der Waals surface area contributed by atoms with Gasteiger partial charge >= 0.3 is 0 Å². The molecule has 1 saturated carbocycles. The Balaban J connectivity index is 1.93. The van der Waals surface area contributed by atoms with Crippen LogP contribution in [0.25, 0.3) is 0 Å². The van der Waals surface area contributed by atoms with Gasteiger partial charge in [-0.15, -0.1) is 0 Å². The van der Waals surface area contributed by atoms with Gasteiger partial charge in [0.15, 0.2) is 5.82 Å². The molecular formula is C20H23ClFNO2S. The quantitative estimate of drug-likeness (QED) is 0.669. The van der Waals surface area contributed by atoms with Crippen LogP contribution >= 0.6 is 11.6 Å². The van der Waals surface area contributed by atoms with Crippen LogP contribution in [0.2, 0.25) is 5.02 Å². The van der Waals surface area contributed by atoms with E-state index >= 15 is 0 Å². The minimum absolute atomic E-state index is 0.177. The molecule has 6 heteroatoms. The highest BCUT2D eigenvalue weighted by molar-refractivity contribution is 7.89. The van der Waals surface area contributed by atoms with Gasteiger partial charge in [0.25, 0.3) is 0 Å². The molecule has 0 unspecified atom stereocenters. The largest absolute Gasteiger partial charge is 0.246 e. The Labute approximate surface area is 159 Å². The van der Waals surface area contributed by atoms with E-state index < -0.39 is 15.8 Å². The average Bonchev–Trinajstić information content (AvgIpc) is 2.65. The molecule has 3 nitrogen and oxygen atoms in total. The summed E-state index contributed by atoms with van der Waals surface area (Å²) in [6.45, 7) is 0.634. The van der Waals surface area contributed by atoms with Gasteiger partial charge < -0.3 is 0 Å². The molecule has 0 aromatic heterocycles. The predicted molar refractivity (Wildman–Crippen MR) is 102 cm³/mol. The smallest absolute Gasteiger partial charge is 0.207 e. The highest BCUT2D eigenvalue weighted by atomic mass is 35.5. The minimum Gasteiger partial charge on any atom is -0.207 e. The first-order valence-electron chi connectivity index (χ1n) is 8.96. The third-order valence-electron chi connectivity index (χ3n) is 4.92. The monoisotopic (exact) mass is 395 g/mol. The maximum atomic E-state index is 14.4. The zero-order valence-corrected chi connectivity index (χ0v) is 16.1. The van der Waals surface area contributed by atoms with E-state index in [0.29, 0.717) is 12.5 Å². The van der Waals surface area contributed by atoms with E-state index in [1.807, 2.05) is 30.3 Å². The second-order valence-electron chi connectivity index (χ2n) is 6.84. The fraction of sp³-hybridized carbons (Fsp3) is 0.400. The standard InChI is InChI=1S/C20H23ClFNO2S/c21-18-12-7-13-19(20(18)22)26(24,25)23(14-16-8-3-1-4-9-16)15-17-10-5-2-6-11-17/h1,3-4,7-9,12-13,17H,2,5-6,10-11,14-15H2. The van der Waals surface area contributed by atoms with Crippen molar-refractivity contribution in [3.63, 3.8) is 0 Å². The van der Waals surface area contributed by atoms with Crippen LogP contribution in [0.15, 0.2) is 53.4 Å². The van der Waals surface area contributed by atoms with Crippen LogP contribution in [0.5, 0.6) is 0 Å². The number of hydrogen-bond donors (Lipinski definition) is 0. The second-order valence-corrected chi connectivity index (χ2v) is 9.15. The maximum Gasteiger partial charge on any atom is 0.246 e. The summed E-state index contributed by atoms with van der Waals surface area (Å²) >= 11 is 5.82. The van der Waals surface area contributed by atoms with Crippen molar-refractivity contribution in [3.8, 4) is 0 Å². The van der Waals surface area contributed by atoms with Gasteiger partial charge in [-0.1, -0.05) is 67.3 Å². The lowest BCUT2D eigenvalue weighted by atomic mass is 9.89. The first kappa shape index (κ1) is 19.3. The normalized spacial score (nSPS) is 16.1. The summed E-state index contributed by atoms with van der Waals surface area (Å²) in [5.41, 5.74) is 0.884. The lowest BCUT2D eigenvalue weighted by molar-refractivity contribution is 0.274. The molecule has 1 fully saturated rings. The van der Waals surface area contributed by atoms with Gasteiger partial charge in [-0.2, -0.15) is 4.31 Å². The first-order chi connectivity index (χ1) is 12.5. The molecule has 0 spiro atoms. The Morgan fingerprint density at radius 2 is 1.69 bits per heavy atom. The molecule has 2 aromatic rings. The number of halogens is 2. The van der Waals surface area contributed by atoms with Crippen LogP contribution in [0.4, 0.5) is 4.39 Å². The summed E-state index contributed by atoms with van der Waals surface area (Å²) in [5, 5.41) is -0.177. The van der Waals surface area contributed by atoms with Gasteiger partial charge in [0.05, 0.1) is 5.02 Å². The lowest BCUT2D eigenvalue weighted by Crippen LogP contribution is -2.36. The van der Waals surface area contributed by atoms with E-state index in [2.05, 4.69) is 0 Å². The molecule has 0 saturated heterocycles. The Bertz CT molecular complexity index is 836. The van der Waals surface area contributed by atoms with Crippen molar-refractivity contribution in [3.05, 3.63) is 64.9 Å². The average molecular weight is 396 g/mol. The molecule has 0 radical (unpaired) electrons. The molecule has 1 aliphatic rings. The molecular weight excluding hydrogens is 373 g/mol. The van der Waals surface area contributed by atoms with E-state index in [0.717, 1.165) is 31.2 Å². The predicted octanol–water partition coefficient (Wildman–Crippen LogP) is 5.25. The van der Waals surface area contributed by atoms with Crippen LogP contribution in [0.1, 0.15) is 37.7 Å². The van der Waals surface area contributed by atoms with Gasteiger partial charge in [0, 0.05) is 13.1 Å². The van der Waals surface area contributed by atoms with Gasteiger partial charge in [-0.05, 0) is 36.5 Å². The number of rotatable bonds is 6. The Hall–Kier alpha value is -1.43. The van der Waals surface area contributed by atoms with Crippen molar-refractivity contribution in [1.82, 2.24) is 4.31 Å². The van der Waals surface area contributed by atoms with Crippen molar-refractivity contribution >= 4 is 21.6 Å². The summed E-state index contributed by atoms with van der Waals surface area (Å²) in [4.78, 5) is -0.350. The van der Waals surface area contributed by atoms with E-state index in [-0.39, 0.29) is 16.5 Å². The number of sulfonamides is 1. The lowest BCUT2D eigenvalue weighted by Gasteiger charge is -2.29. The third-order valence-corrected chi connectivity index (χ3v) is 7.04. The summed E-state index contributed by atoms with van der Waals surface area (Å²) in [7, 11) is -3.98. The molecule has 3 rings (SSSR count). The van der Waals surface area contributed by atoms with Crippen LogP contribution in [-0.4, -0.2) is 19.3 Å². The Morgan fingerprint density at radius 1 is 1.00 bits per heavy atom. The van der Waals surface area contributed by atoms with Crippen molar-refractivity contribution < 1.29 is 12.8 Å². The molecule has 0 atom stereocenters. The fourth-order valence-electron chi connectivity index (χ4n) is 3.51. The van der Waals surface area contributed by atoms with Gasteiger partial charge in [0.2, 0.25) is 10.0 Å². The van der Waals surface area contributed by atoms with Gasteiger partial charge in [0.1, 0.15) is 4.90 Å². The summed E-state index contributed by atoms with van der Waals surface area (Å²) in [6, 6.07) is 13.5. The van der Waals surface area contributed by atoms with Crippen molar-refractivity contribution in [1.29, 1.82) is 0 Å². The highest BCUT2D eigenvalue weighted by Crippen LogP contribution is 2.30. The molecule has 0 heterocycles. The van der Waals surface area contributed by atoms with Crippen molar-refractivity contribution in [2.75, 3.05) is 6.54 Å². The third kappa shape index (κ3) is 4.45. The van der Waals surface area contributed by atoms with Gasteiger partial charge in [-0.3, -0.25) is 0 Å². The fourth-order valence-corrected chi connectivity index (χ4v) is 5.34. The summed E-state index contributed by atoms with van der Waals surface area (Å²) in [5.74, 6) is -0.569. The second kappa shape index (κ2) is 8.51. The van der Waals surface area contributed by atoms with Crippen molar-refractivity contribution in [2.24, 2.45) is 5.92 Å². The topological polar surface area (TPSA) is 37.4 Å². The summed E-state index contributed by atoms with van der Waals surface area (Å²) < 4.78 is 42.3. The molecule has 2 aromatic carbocycles.